The molecule has 7 heteroatoms. The monoisotopic (exact) mass is 398 g/mol. The van der Waals surface area contributed by atoms with E-state index in [4.69, 9.17) is 4.28 Å². The molecule has 0 saturated carbocycles. The number of rotatable bonds is 4. The lowest BCUT2D eigenvalue weighted by Crippen LogP contribution is -2.06. The van der Waals surface area contributed by atoms with Crippen LogP contribution in [-0.4, -0.2) is 19.9 Å². The molecule has 0 N–H and O–H groups in total. The van der Waals surface area contributed by atoms with Gasteiger partial charge in [-0.2, -0.15) is 13.7 Å². The molecule has 0 unspecified atom stereocenters. The first-order chi connectivity index (χ1) is 12.9. The fourth-order valence-corrected chi connectivity index (χ4v) is 4.70. The van der Waals surface area contributed by atoms with Gasteiger partial charge in [0.1, 0.15) is 11.0 Å². The minimum Gasteiger partial charge on any atom is -0.264 e. The van der Waals surface area contributed by atoms with Crippen molar-refractivity contribution in [3.8, 4) is 6.07 Å². The molecular formula is C20H18N2O3S2. The molecular weight excluding hydrogens is 380 g/mol. The fraction of sp³-hybridized carbons (Fsp3) is 0.200. The van der Waals surface area contributed by atoms with Crippen molar-refractivity contribution in [3.63, 3.8) is 0 Å². The number of aryl methyl sites for hydroxylation is 2. The Morgan fingerprint density at radius 3 is 2.67 bits per heavy atom. The number of hydrogen-bond acceptors (Lipinski definition) is 6. The van der Waals surface area contributed by atoms with E-state index in [9.17, 15) is 13.7 Å². The van der Waals surface area contributed by atoms with Crippen LogP contribution in [0.5, 0.6) is 0 Å². The SMILES string of the molecule is Cc1cccc(S(=O)(=O)ON=C2CCSC2=C(C#N)c2ccccc2C)c1. The van der Waals surface area contributed by atoms with Gasteiger partial charge in [-0.1, -0.05) is 41.6 Å². The summed E-state index contributed by atoms with van der Waals surface area (Å²) in [5.74, 6) is 0.721. The number of oxime groups is 1. The molecule has 0 atom stereocenters. The zero-order valence-corrected chi connectivity index (χ0v) is 16.6. The van der Waals surface area contributed by atoms with E-state index in [0.29, 0.717) is 22.6 Å². The molecule has 0 radical (unpaired) electrons. The first-order valence-corrected chi connectivity index (χ1v) is 10.7. The summed E-state index contributed by atoms with van der Waals surface area (Å²) >= 11 is 1.49. The average Bonchev–Trinajstić information content (AvgIpc) is 3.11. The lowest BCUT2D eigenvalue weighted by Gasteiger charge is -2.08. The van der Waals surface area contributed by atoms with Crippen LogP contribution in [0.4, 0.5) is 0 Å². The highest BCUT2D eigenvalue weighted by Crippen LogP contribution is 2.36. The Balaban J connectivity index is 1.96. The maximum absolute atomic E-state index is 12.4. The lowest BCUT2D eigenvalue weighted by atomic mass is 10.00. The van der Waals surface area contributed by atoms with E-state index in [1.807, 2.05) is 31.2 Å². The van der Waals surface area contributed by atoms with Gasteiger partial charge < -0.3 is 0 Å². The average molecular weight is 399 g/mol. The van der Waals surface area contributed by atoms with Gasteiger partial charge in [-0.05, 0) is 42.7 Å². The second-order valence-electron chi connectivity index (χ2n) is 6.11. The van der Waals surface area contributed by atoms with Crippen molar-refractivity contribution in [1.29, 1.82) is 5.26 Å². The smallest absolute Gasteiger partial charge is 0.264 e. The third kappa shape index (κ3) is 4.24. The second-order valence-corrected chi connectivity index (χ2v) is 8.75. The highest BCUT2D eigenvalue weighted by Gasteiger charge is 2.25. The molecule has 1 saturated heterocycles. The maximum Gasteiger partial charge on any atom is 0.358 e. The Labute approximate surface area is 163 Å². The van der Waals surface area contributed by atoms with Gasteiger partial charge >= 0.3 is 10.1 Å². The number of benzene rings is 2. The number of thioether (sulfide) groups is 1. The second kappa shape index (κ2) is 7.99. The van der Waals surface area contributed by atoms with E-state index >= 15 is 0 Å². The summed E-state index contributed by atoms with van der Waals surface area (Å²) in [4.78, 5) is 0.730. The summed E-state index contributed by atoms with van der Waals surface area (Å²) in [5, 5.41) is 13.6. The van der Waals surface area contributed by atoms with Gasteiger partial charge in [0.05, 0.1) is 16.2 Å². The van der Waals surface area contributed by atoms with Crippen LogP contribution in [0.1, 0.15) is 23.1 Å². The molecule has 1 aliphatic rings. The Hall–Kier alpha value is -2.56. The summed E-state index contributed by atoms with van der Waals surface area (Å²) in [5.41, 5.74) is 3.58. The molecule has 0 aromatic heterocycles. The summed E-state index contributed by atoms with van der Waals surface area (Å²) in [7, 11) is -4.00. The van der Waals surface area contributed by atoms with Crippen LogP contribution in [0.15, 0.2) is 63.5 Å². The van der Waals surface area contributed by atoms with Gasteiger partial charge in [0.25, 0.3) is 0 Å². The van der Waals surface area contributed by atoms with Crippen LogP contribution < -0.4 is 0 Å². The van der Waals surface area contributed by atoms with E-state index in [0.717, 1.165) is 22.4 Å². The van der Waals surface area contributed by atoms with Crippen molar-refractivity contribution in [2.75, 3.05) is 5.75 Å². The molecule has 3 rings (SSSR count). The van der Waals surface area contributed by atoms with Gasteiger partial charge in [0.15, 0.2) is 0 Å². The van der Waals surface area contributed by atoms with Crippen LogP contribution in [0.3, 0.4) is 0 Å². The van der Waals surface area contributed by atoms with Gasteiger partial charge in [-0.3, -0.25) is 4.28 Å². The Morgan fingerprint density at radius 1 is 1.19 bits per heavy atom. The fourth-order valence-electron chi connectivity index (χ4n) is 2.74. The standard InChI is InChI=1S/C20H18N2O3S2/c1-14-6-5-8-16(12-14)27(23,24)25-22-19-10-11-26-20(19)18(13-21)17-9-4-3-7-15(17)2/h3-9,12H,10-11H2,1-2H3. The van der Waals surface area contributed by atoms with Crippen LogP contribution in [0, 0.1) is 25.2 Å². The predicted octanol–water partition coefficient (Wildman–Crippen LogP) is 4.44. The number of allylic oxidation sites excluding steroid dienone is 2. The number of hydrogen-bond donors (Lipinski definition) is 0. The maximum atomic E-state index is 12.4. The van der Waals surface area contributed by atoms with Crippen molar-refractivity contribution in [2.24, 2.45) is 5.16 Å². The van der Waals surface area contributed by atoms with Crippen LogP contribution in [0.25, 0.3) is 5.57 Å². The zero-order valence-electron chi connectivity index (χ0n) is 15.0. The molecule has 27 heavy (non-hydrogen) atoms. The van der Waals surface area contributed by atoms with E-state index in [2.05, 4.69) is 11.2 Å². The summed E-state index contributed by atoms with van der Waals surface area (Å²) in [6.45, 7) is 3.74. The van der Waals surface area contributed by atoms with Gasteiger partial charge in [0.2, 0.25) is 0 Å². The molecule has 0 bridgehead atoms. The topological polar surface area (TPSA) is 79.5 Å². The van der Waals surface area contributed by atoms with Gasteiger partial charge in [0, 0.05) is 12.2 Å². The third-order valence-electron chi connectivity index (χ3n) is 4.12. The first kappa shape index (κ1) is 19.2. The van der Waals surface area contributed by atoms with Crippen molar-refractivity contribution in [1.82, 2.24) is 0 Å². The van der Waals surface area contributed by atoms with Crippen LogP contribution in [0.2, 0.25) is 0 Å². The first-order valence-electron chi connectivity index (χ1n) is 8.33. The van der Waals surface area contributed by atoms with E-state index in [-0.39, 0.29) is 4.90 Å². The highest BCUT2D eigenvalue weighted by molar-refractivity contribution is 8.04. The molecule has 0 spiro atoms. The summed E-state index contributed by atoms with van der Waals surface area (Å²) in [6.07, 6.45) is 0.542. The minimum absolute atomic E-state index is 0.0578. The zero-order chi connectivity index (χ0) is 19.4. The lowest BCUT2D eigenvalue weighted by molar-refractivity contribution is 0.338. The molecule has 2 aromatic carbocycles. The molecule has 2 aromatic rings. The van der Waals surface area contributed by atoms with Crippen LogP contribution in [-0.2, 0) is 14.4 Å². The van der Waals surface area contributed by atoms with Crippen LogP contribution >= 0.6 is 11.8 Å². The molecule has 0 aliphatic carbocycles. The molecule has 1 heterocycles. The number of nitrogens with zero attached hydrogens (tertiary/aromatic N) is 2. The quantitative estimate of drug-likeness (QED) is 0.562. The molecule has 138 valence electrons. The summed E-state index contributed by atoms with van der Waals surface area (Å²) < 4.78 is 29.7. The van der Waals surface area contributed by atoms with Crippen molar-refractivity contribution in [3.05, 3.63) is 70.1 Å². The molecule has 1 fully saturated rings. The van der Waals surface area contributed by atoms with E-state index < -0.39 is 10.1 Å². The van der Waals surface area contributed by atoms with E-state index in [1.54, 1.807) is 19.1 Å². The number of nitriles is 1. The molecule has 0 amide bonds. The Morgan fingerprint density at radius 2 is 1.96 bits per heavy atom. The van der Waals surface area contributed by atoms with Gasteiger partial charge in [-0.15, -0.1) is 11.8 Å². The Bertz CT molecular complexity index is 1080. The largest absolute Gasteiger partial charge is 0.358 e. The minimum atomic E-state index is -4.00. The predicted molar refractivity (Wildman–Crippen MR) is 108 cm³/mol. The molecule has 1 aliphatic heterocycles. The highest BCUT2D eigenvalue weighted by atomic mass is 32.2. The van der Waals surface area contributed by atoms with Gasteiger partial charge in [-0.25, -0.2) is 0 Å². The van der Waals surface area contributed by atoms with Crippen molar-refractivity contribution >= 4 is 33.2 Å². The van der Waals surface area contributed by atoms with E-state index in [1.165, 1.54) is 23.9 Å². The van der Waals surface area contributed by atoms with Crippen molar-refractivity contribution < 1.29 is 12.7 Å². The normalized spacial score (nSPS) is 17.6. The third-order valence-corrected chi connectivity index (χ3v) is 6.36. The molecule has 5 nitrogen and oxygen atoms in total. The Kier molecular flexibility index (Phi) is 5.68. The summed E-state index contributed by atoms with van der Waals surface area (Å²) in [6, 6.07) is 16.3. The van der Waals surface area contributed by atoms with Crippen molar-refractivity contribution in [2.45, 2.75) is 25.2 Å².